The Morgan fingerprint density at radius 2 is 1.95 bits per heavy atom. The molecule has 0 atom stereocenters. The molecular formula is C13H11F3N4O. The van der Waals surface area contributed by atoms with E-state index in [1.165, 1.54) is 37.6 Å². The Morgan fingerprint density at radius 1 is 1.19 bits per heavy atom. The Labute approximate surface area is 118 Å². The monoisotopic (exact) mass is 296 g/mol. The molecule has 1 aromatic heterocycles. The molecule has 0 spiro atoms. The van der Waals surface area contributed by atoms with Gasteiger partial charge in [-0.1, -0.05) is 6.07 Å². The largest absolute Gasteiger partial charge is 0.416 e. The molecule has 0 saturated heterocycles. The van der Waals surface area contributed by atoms with Gasteiger partial charge in [-0.25, -0.2) is 9.78 Å². The van der Waals surface area contributed by atoms with Gasteiger partial charge >= 0.3 is 12.2 Å². The zero-order chi connectivity index (χ0) is 15.5. The number of benzene rings is 1. The Morgan fingerprint density at radius 3 is 2.57 bits per heavy atom. The minimum Gasteiger partial charge on any atom is -0.308 e. The van der Waals surface area contributed by atoms with E-state index in [9.17, 15) is 18.0 Å². The minimum atomic E-state index is -4.47. The number of amides is 2. The standard InChI is InChI=1S/C13H11F3N4O/c1-8-2-3-9(6-10(8)13(14,15)16)19-12(21)20-11-7-17-4-5-18-11/h2-7H,1H3,(H2,18,19,20,21). The molecule has 0 bridgehead atoms. The summed E-state index contributed by atoms with van der Waals surface area (Å²) in [5.41, 5.74) is -0.670. The number of hydrogen-bond donors (Lipinski definition) is 2. The van der Waals surface area contributed by atoms with Crippen molar-refractivity contribution in [3.05, 3.63) is 47.9 Å². The van der Waals surface area contributed by atoms with E-state index in [4.69, 9.17) is 0 Å². The van der Waals surface area contributed by atoms with Gasteiger partial charge in [-0.05, 0) is 24.6 Å². The summed E-state index contributed by atoms with van der Waals surface area (Å²) in [4.78, 5) is 19.2. The number of rotatable bonds is 2. The molecule has 0 aliphatic rings. The van der Waals surface area contributed by atoms with Crippen molar-refractivity contribution < 1.29 is 18.0 Å². The summed E-state index contributed by atoms with van der Waals surface area (Å²) in [6.07, 6.45) is -0.346. The Bertz CT molecular complexity index is 644. The van der Waals surface area contributed by atoms with Crippen molar-refractivity contribution in [1.82, 2.24) is 9.97 Å². The maximum absolute atomic E-state index is 12.8. The van der Waals surface area contributed by atoms with Gasteiger partial charge in [0.15, 0.2) is 5.82 Å². The average Bonchev–Trinajstić information content (AvgIpc) is 2.41. The van der Waals surface area contributed by atoms with Crippen molar-refractivity contribution >= 4 is 17.5 Å². The fourth-order valence-corrected chi connectivity index (χ4v) is 1.65. The molecule has 0 aliphatic carbocycles. The second kappa shape index (κ2) is 5.78. The van der Waals surface area contributed by atoms with E-state index < -0.39 is 17.8 Å². The number of nitrogens with zero attached hydrogens (tertiary/aromatic N) is 2. The van der Waals surface area contributed by atoms with Crippen LogP contribution < -0.4 is 10.6 Å². The van der Waals surface area contributed by atoms with Gasteiger partial charge in [0.05, 0.1) is 11.8 Å². The van der Waals surface area contributed by atoms with Crippen LogP contribution in [0.5, 0.6) is 0 Å². The topological polar surface area (TPSA) is 66.9 Å². The maximum Gasteiger partial charge on any atom is 0.416 e. The lowest BCUT2D eigenvalue weighted by Crippen LogP contribution is -2.20. The highest BCUT2D eigenvalue weighted by Crippen LogP contribution is 2.33. The van der Waals surface area contributed by atoms with Crippen molar-refractivity contribution in [1.29, 1.82) is 0 Å². The average molecular weight is 296 g/mol. The summed E-state index contributed by atoms with van der Waals surface area (Å²) in [5.74, 6) is 0.193. The first-order valence-electron chi connectivity index (χ1n) is 5.88. The molecule has 0 unspecified atom stereocenters. The molecule has 110 valence electrons. The summed E-state index contributed by atoms with van der Waals surface area (Å²) in [5, 5.41) is 4.67. The highest BCUT2D eigenvalue weighted by Gasteiger charge is 2.32. The van der Waals surface area contributed by atoms with Crippen molar-refractivity contribution in [2.45, 2.75) is 13.1 Å². The second-order valence-electron chi connectivity index (χ2n) is 4.20. The molecule has 0 saturated carbocycles. The Kier molecular flexibility index (Phi) is 4.06. The molecule has 1 aromatic carbocycles. The number of hydrogen-bond acceptors (Lipinski definition) is 3. The third-order valence-corrected chi connectivity index (χ3v) is 2.61. The van der Waals surface area contributed by atoms with E-state index in [2.05, 4.69) is 20.6 Å². The quantitative estimate of drug-likeness (QED) is 0.892. The summed E-state index contributed by atoms with van der Waals surface area (Å²) in [6.45, 7) is 1.35. The van der Waals surface area contributed by atoms with Gasteiger partial charge in [-0.15, -0.1) is 0 Å². The smallest absolute Gasteiger partial charge is 0.308 e. The van der Waals surface area contributed by atoms with E-state index in [1.54, 1.807) is 0 Å². The predicted molar refractivity (Wildman–Crippen MR) is 70.9 cm³/mol. The lowest BCUT2D eigenvalue weighted by atomic mass is 10.1. The van der Waals surface area contributed by atoms with Crippen LogP contribution in [0.3, 0.4) is 0 Å². The first kappa shape index (κ1) is 14.8. The van der Waals surface area contributed by atoms with Crippen LogP contribution in [0.4, 0.5) is 29.5 Å². The molecule has 2 rings (SSSR count). The zero-order valence-electron chi connectivity index (χ0n) is 10.9. The molecule has 8 heteroatoms. The SMILES string of the molecule is Cc1ccc(NC(=O)Nc2cnccn2)cc1C(F)(F)F. The van der Waals surface area contributed by atoms with E-state index in [-0.39, 0.29) is 17.1 Å². The van der Waals surface area contributed by atoms with Crippen LogP contribution in [-0.4, -0.2) is 16.0 Å². The summed E-state index contributed by atoms with van der Waals surface area (Å²) in [7, 11) is 0. The van der Waals surface area contributed by atoms with Crippen LogP contribution >= 0.6 is 0 Å². The number of aryl methyl sites for hydroxylation is 1. The van der Waals surface area contributed by atoms with Crippen LogP contribution in [-0.2, 0) is 6.18 Å². The number of anilines is 2. The summed E-state index contributed by atoms with van der Waals surface area (Å²) >= 11 is 0. The van der Waals surface area contributed by atoms with Gasteiger partial charge in [0.25, 0.3) is 0 Å². The summed E-state index contributed by atoms with van der Waals surface area (Å²) in [6, 6.07) is 2.86. The number of aromatic nitrogens is 2. The first-order chi connectivity index (χ1) is 9.86. The number of urea groups is 1. The van der Waals surface area contributed by atoms with Gasteiger partial charge in [0.2, 0.25) is 0 Å². The normalized spacial score (nSPS) is 11.0. The van der Waals surface area contributed by atoms with Crippen LogP contribution in [0.1, 0.15) is 11.1 Å². The van der Waals surface area contributed by atoms with Crippen molar-refractivity contribution in [2.75, 3.05) is 10.6 Å². The van der Waals surface area contributed by atoms with Gasteiger partial charge < -0.3 is 5.32 Å². The third-order valence-electron chi connectivity index (χ3n) is 2.61. The minimum absolute atomic E-state index is 0.0364. The van der Waals surface area contributed by atoms with E-state index in [0.717, 1.165) is 6.07 Å². The lowest BCUT2D eigenvalue weighted by molar-refractivity contribution is -0.138. The molecule has 0 aliphatic heterocycles. The van der Waals surface area contributed by atoms with E-state index in [0.29, 0.717) is 0 Å². The number of halogens is 3. The molecule has 0 radical (unpaired) electrons. The third kappa shape index (κ3) is 3.91. The first-order valence-corrected chi connectivity index (χ1v) is 5.88. The second-order valence-corrected chi connectivity index (χ2v) is 4.20. The Balaban J connectivity index is 2.11. The number of carbonyl (C=O) groups is 1. The predicted octanol–water partition coefficient (Wildman–Crippen LogP) is 3.45. The number of nitrogens with one attached hydrogen (secondary N) is 2. The van der Waals surface area contributed by atoms with Crippen molar-refractivity contribution in [3.8, 4) is 0 Å². The molecule has 2 aromatic rings. The maximum atomic E-state index is 12.8. The Hall–Kier alpha value is -2.64. The fraction of sp³-hybridized carbons (Fsp3) is 0.154. The highest BCUT2D eigenvalue weighted by atomic mass is 19.4. The lowest BCUT2D eigenvalue weighted by Gasteiger charge is -2.13. The van der Waals surface area contributed by atoms with E-state index >= 15 is 0 Å². The van der Waals surface area contributed by atoms with Gasteiger partial charge in [-0.3, -0.25) is 10.3 Å². The molecule has 21 heavy (non-hydrogen) atoms. The molecule has 2 N–H and O–H groups in total. The molecule has 2 amide bonds. The number of carbonyl (C=O) groups excluding carboxylic acids is 1. The van der Waals surface area contributed by atoms with Crippen LogP contribution in [0, 0.1) is 6.92 Å². The van der Waals surface area contributed by atoms with Crippen LogP contribution in [0.2, 0.25) is 0 Å². The van der Waals surface area contributed by atoms with Gasteiger partial charge in [-0.2, -0.15) is 13.2 Å². The fourth-order valence-electron chi connectivity index (χ4n) is 1.65. The van der Waals surface area contributed by atoms with Crippen LogP contribution in [0.25, 0.3) is 0 Å². The molecule has 1 heterocycles. The molecule has 5 nitrogen and oxygen atoms in total. The van der Waals surface area contributed by atoms with Gasteiger partial charge in [0, 0.05) is 18.1 Å². The molecular weight excluding hydrogens is 285 g/mol. The van der Waals surface area contributed by atoms with Gasteiger partial charge in [0.1, 0.15) is 0 Å². The van der Waals surface area contributed by atoms with Crippen molar-refractivity contribution in [3.63, 3.8) is 0 Å². The zero-order valence-corrected chi connectivity index (χ0v) is 10.9. The number of alkyl halides is 3. The summed E-state index contributed by atoms with van der Waals surface area (Å²) < 4.78 is 38.3. The van der Waals surface area contributed by atoms with Crippen LogP contribution in [0.15, 0.2) is 36.8 Å². The van der Waals surface area contributed by atoms with E-state index in [1.807, 2.05) is 0 Å². The highest BCUT2D eigenvalue weighted by molar-refractivity contribution is 5.99. The van der Waals surface area contributed by atoms with Crippen molar-refractivity contribution in [2.24, 2.45) is 0 Å². The molecule has 0 fully saturated rings.